The van der Waals surface area contributed by atoms with E-state index in [1.807, 2.05) is 0 Å². The average molecular weight is 273 g/mol. The number of thioether (sulfide) groups is 1. The van der Waals surface area contributed by atoms with Gasteiger partial charge in [0.2, 0.25) is 0 Å². The third kappa shape index (κ3) is 2.60. The highest BCUT2D eigenvalue weighted by atomic mass is 32.2. The SMILES string of the molecule is Cn1[nH]c(=O)c(=O)nc1SCC1(CS)CCC1. The van der Waals surface area contributed by atoms with Crippen LogP contribution in [0.2, 0.25) is 0 Å². The molecular formula is C10H15N3O2S2. The largest absolute Gasteiger partial charge is 0.339 e. The van der Waals surface area contributed by atoms with E-state index in [1.54, 1.807) is 7.05 Å². The van der Waals surface area contributed by atoms with Crippen LogP contribution in [0.15, 0.2) is 14.7 Å². The average Bonchev–Trinajstić information content (AvgIpc) is 2.24. The fraction of sp³-hybridized carbons (Fsp3) is 0.700. The Labute approximate surface area is 108 Å². The second-order valence-electron chi connectivity index (χ2n) is 4.50. The number of aromatic nitrogens is 3. The van der Waals surface area contributed by atoms with Gasteiger partial charge >= 0.3 is 11.1 Å². The molecule has 7 heteroatoms. The highest BCUT2D eigenvalue weighted by molar-refractivity contribution is 7.99. The molecule has 1 N–H and O–H groups in total. The highest BCUT2D eigenvalue weighted by Gasteiger charge is 2.35. The van der Waals surface area contributed by atoms with Crippen molar-refractivity contribution in [3.63, 3.8) is 0 Å². The molecule has 1 aliphatic rings. The highest BCUT2D eigenvalue weighted by Crippen LogP contribution is 2.44. The molecule has 0 atom stereocenters. The zero-order chi connectivity index (χ0) is 12.5. The van der Waals surface area contributed by atoms with Crippen molar-refractivity contribution in [1.82, 2.24) is 14.8 Å². The van der Waals surface area contributed by atoms with E-state index >= 15 is 0 Å². The van der Waals surface area contributed by atoms with E-state index in [0.717, 1.165) is 11.5 Å². The van der Waals surface area contributed by atoms with Gasteiger partial charge in [-0.1, -0.05) is 18.2 Å². The van der Waals surface area contributed by atoms with Crippen LogP contribution in [0.25, 0.3) is 0 Å². The Hall–Kier alpha value is -0.690. The maximum Gasteiger partial charge on any atom is 0.339 e. The topological polar surface area (TPSA) is 67.8 Å². The van der Waals surface area contributed by atoms with Crippen LogP contribution in [-0.4, -0.2) is 26.3 Å². The first-order valence-electron chi connectivity index (χ1n) is 5.47. The van der Waals surface area contributed by atoms with Crippen LogP contribution in [0.4, 0.5) is 0 Å². The molecule has 0 unspecified atom stereocenters. The summed E-state index contributed by atoms with van der Waals surface area (Å²) in [5, 5.41) is 3.00. The molecule has 1 aromatic rings. The number of hydrogen-bond donors (Lipinski definition) is 2. The summed E-state index contributed by atoms with van der Waals surface area (Å²) in [6, 6.07) is 0. The van der Waals surface area contributed by atoms with Crippen molar-refractivity contribution in [2.75, 3.05) is 11.5 Å². The number of aryl methyl sites for hydroxylation is 1. The lowest BCUT2D eigenvalue weighted by atomic mass is 9.72. The fourth-order valence-corrected chi connectivity index (χ4v) is 3.62. The fourth-order valence-electron chi connectivity index (χ4n) is 1.83. The number of H-pyrrole nitrogens is 1. The first-order valence-corrected chi connectivity index (χ1v) is 7.09. The van der Waals surface area contributed by atoms with E-state index in [2.05, 4.69) is 22.7 Å². The molecule has 17 heavy (non-hydrogen) atoms. The predicted octanol–water partition coefficient (Wildman–Crippen LogP) is 0.661. The minimum atomic E-state index is -0.723. The van der Waals surface area contributed by atoms with Crippen LogP contribution in [0.1, 0.15) is 19.3 Å². The van der Waals surface area contributed by atoms with Gasteiger partial charge in [0.05, 0.1) is 0 Å². The third-order valence-electron chi connectivity index (χ3n) is 3.20. The lowest BCUT2D eigenvalue weighted by molar-refractivity contribution is 0.205. The van der Waals surface area contributed by atoms with Crippen molar-refractivity contribution in [3.8, 4) is 0 Å². The zero-order valence-electron chi connectivity index (χ0n) is 9.60. The monoisotopic (exact) mass is 273 g/mol. The molecule has 0 spiro atoms. The van der Waals surface area contributed by atoms with Crippen molar-refractivity contribution >= 4 is 24.4 Å². The van der Waals surface area contributed by atoms with Crippen LogP contribution >= 0.6 is 24.4 Å². The normalized spacial score (nSPS) is 17.8. The molecule has 2 rings (SSSR count). The van der Waals surface area contributed by atoms with Crippen LogP contribution in [0, 0.1) is 5.41 Å². The second-order valence-corrected chi connectivity index (χ2v) is 5.76. The molecule has 5 nitrogen and oxygen atoms in total. The van der Waals surface area contributed by atoms with Gasteiger partial charge in [0, 0.05) is 12.8 Å². The van der Waals surface area contributed by atoms with E-state index in [0.29, 0.717) is 5.16 Å². The molecule has 0 radical (unpaired) electrons. The summed E-state index contributed by atoms with van der Waals surface area (Å²) in [6.07, 6.45) is 3.61. The van der Waals surface area contributed by atoms with Crippen LogP contribution in [0.5, 0.6) is 0 Å². The molecule has 0 aromatic carbocycles. The van der Waals surface area contributed by atoms with E-state index in [9.17, 15) is 9.59 Å². The Balaban J connectivity index is 2.11. The zero-order valence-corrected chi connectivity index (χ0v) is 11.3. The number of nitrogens with one attached hydrogen (secondary N) is 1. The molecule has 0 aliphatic heterocycles. The molecule has 94 valence electrons. The molecular weight excluding hydrogens is 258 g/mol. The first-order chi connectivity index (χ1) is 8.06. The summed E-state index contributed by atoms with van der Waals surface area (Å²) in [7, 11) is 1.68. The van der Waals surface area contributed by atoms with E-state index in [-0.39, 0.29) is 5.41 Å². The van der Waals surface area contributed by atoms with Crippen molar-refractivity contribution in [3.05, 3.63) is 20.7 Å². The van der Waals surface area contributed by atoms with Gasteiger partial charge in [-0.05, 0) is 24.0 Å². The lowest BCUT2D eigenvalue weighted by Gasteiger charge is -2.40. The van der Waals surface area contributed by atoms with Gasteiger partial charge in [0.1, 0.15) is 0 Å². The Morgan fingerprint density at radius 2 is 2.24 bits per heavy atom. The lowest BCUT2D eigenvalue weighted by Crippen LogP contribution is -2.36. The van der Waals surface area contributed by atoms with Crippen molar-refractivity contribution < 1.29 is 0 Å². The molecule has 1 aromatic heterocycles. The Morgan fingerprint density at radius 3 is 2.76 bits per heavy atom. The smallest absolute Gasteiger partial charge is 0.265 e. The standard InChI is InChI=1S/C10H15N3O2S2/c1-13-9(11-7(14)8(15)12-13)17-6-10(5-16)3-2-4-10/h16H,2-6H2,1H3,(H,12,15). The summed E-state index contributed by atoms with van der Waals surface area (Å²) < 4.78 is 1.50. The molecule has 1 fully saturated rings. The van der Waals surface area contributed by atoms with Gasteiger partial charge in [-0.3, -0.25) is 19.4 Å². The number of hydrogen-bond acceptors (Lipinski definition) is 5. The molecule has 0 amide bonds. The molecule has 0 bridgehead atoms. The van der Waals surface area contributed by atoms with E-state index in [1.165, 1.54) is 35.7 Å². The van der Waals surface area contributed by atoms with Crippen LogP contribution in [0.3, 0.4) is 0 Å². The summed E-state index contributed by atoms with van der Waals surface area (Å²) >= 11 is 5.89. The molecule has 1 heterocycles. The van der Waals surface area contributed by atoms with E-state index in [4.69, 9.17) is 0 Å². The van der Waals surface area contributed by atoms with Crippen LogP contribution < -0.4 is 11.1 Å². The molecule has 0 saturated heterocycles. The summed E-state index contributed by atoms with van der Waals surface area (Å²) in [4.78, 5) is 26.0. The van der Waals surface area contributed by atoms with Gasteiger partial charge < -0.3 is 0 Å². The Bertz CT molecular complexity index is 514. The number of nitrogens with zero attached hydrogens (tertiary/aromatic N) is 2. The third-order valence-corrected chi connectivity index (χ3v) is 5.26. The predicted molar refractivity (Wildman–Crippen MR) is 71.0 cm³/mol. The van der Waals surface area contributed by atoms with Crippen LogP contribution in [-0.2, 0) is 7.05 Å². The first kappa shape index (κ1) is 12.8. The number of rotatable bonds is 4. The quantitative estimate of drug-likeness (QED) is 0.480. The summed E-state index contributed by atoms with van der Waals surface area (Å²) in [5.41, 5.74) is -1.12. The second kappa shape index (κ2) is 4.89. The molecule has 1 aliphatic carbocycles. The van der Waals surface area contributed by atoms with Crippen molar-refractivity contribution in [1.29, 1.82) is 0 Å². The Morgan fingerprint density at radius 1 is 1.53 bits per heavy atom. The minimum Gasteiger partial charge on any atom is -0.265 e. The number of aromatic amines is 1. The van der Waals surface area contributed by atoms with Gasteiger partial charge in [-0.2, -0.15) is 17.6 Å². The van der Waals surface area contributed by atoms with Gasteiger partial charge in [0.25, 0.3) is 0 Å². The number of thiol groups is 1. The maximum absolute atomic E-state index is 11.2. The molecule has 1 saturated carbocycles. The maximum atomic E-state index is 11.2. The van der Waals surface area contributed by atoms with Gasteiger partial charge in [0.15, 0.2) is 5.16 Å². The van der Waals surface area contributed by atoms with Gasteiger partial charge in [-0.25, -0.2) is 0 Å². The van der Waals surface area contributed by atoms with E-state index < -0.39 is 11.1 Å². The summed E-state index contributed by atoms with van der Waals surface area (Å²) in [5.74, 6) is 1.75. The van der Waals surface area contributed by atoms with Crippen molar-refractivity contribution in [2.24, 2.45) is 12.5 Å². The van der Waals surface area contributed by atoms with Gasteiger partial charge in [-0.15, -0.1) is 0 Å². The Kier molecular flexibility index (Phi) is 3.67. The summed E-state index contributed by atoms with van der Waals surface area (Å²) in [6.45, 7) is 0. The minimum absolute atomic E-state index is 0.279. The van der Waals surface area contributed by atoms with Crippen molar-refractivity contribution in [2.45, 2.75) is 24.4 Å².